The van der Waals surface area contributed by atoms with Crippen molar-refractivity contribution in [3.8, 4) is 17.2 Å². The first-order chi connectivity index (χ1) is 15.3. The Morgan fingerprint density at radius 3 is 2.09 bits per heavy atom. The fourth-order valence-corrected chi connectivity index (χ4v) is 3.25. The van der Waals surface area contributed by atoms with Gasteiger partial charge in [-0.05, 0) is 71.1 Å². The van der Waals surface area contributed by atoms with E-state index < -0.39 is 0 Å². The van der Waals surface area contributed by atoms with Crippen LogP contribution in [0.15, 0.2) is 72.8 Å². The second kappa shape index (κ2) is 10.2. The molecule has 0 heterocycles. The second-order valence-corrected chi connectivity index (χ2v) is 8.56. The SMILES string of the molecule is COc1ccc(C(=O)/C=C/c2ccc(OC)c(COc3ccc(C(C)(C)C)cc3)c2)cc1. The quantitative estimate of drug-likeness (QED) is 0.303. The van der Waals surface area contributed by atoms with E-state index in [1.807, 2.05) is 30.3 Å². The first-order valence-electron chi connectivity index (χ1n) is 10.6. The number of ether oxygens (including phenoxy) is 3. The Morgan fingerprint density at radius 1 is 0.844 bits per heavy atom. The van der Waals surface area contributed by atoms with Gasteiger partial charge in [-0.15, -0.1) is 0 Å². The van der Waals surface area contributed by atoms with Gasteiger partial charge in [-0.3, -0.25) is 4.79 Å². The first-order valence-corrected chi connectivity index (χ1v) is 10.6. The van der Waals surface area contributed by atoms with E-state index in [9.17, 15) is 4.79 Å². The van der Waals surface area contributed by atoms with Crippen molar-refractivity contribution in [1.29, 1.82) is 0 Å². The number of carbonyl (C=O) groups is 1. The number of hydrogen-bond acceptors (Lipinski definition) is 4. The Morgan fingerprint density at radius 2 is 1.50 bits per heavy atom. The highest BCUT2D eigenvalue weighted by atomic mass is 16.5. The standard InChI is InChI=1S/C28H30O4/c1-28(2,3)23-10-14-25(15-11-23)32-19-22-18-20(7-17-27(22)31-5)6-16-26(29)21-8-12-24(30-4)13-9-21/h6-18H,19H2,1-5H3/b16-6+. The summed E-state index contributed by atoms with van der Waals surface area (Å²) in [4.78, 5) is 12.5. The minimum Gasteiger partial charge on any atom is -0.497 e. The van der Waals surface area contributed by atoms with Crippen molar-refractivity contribution in [2.24, 2.45) is 0 Å². The van der Waals surface area contributed by atoms with E-state index in [2.05, 4.69) is 32.9 Å². The van der Waals surface area contributed by atoms with Crippen LogP contribution in [0.2, 0.25) is 0 Å². The Hall–Kier alpha value is -3.53. The van der Waals surface area contributed by atoms with Gasteiger partial charge < -0.3 is 14.2 Å². The molecule has 0 amide bonds. The van der Waals surface area contributed by atoms with Crippen molar-refractivity contribution < 1.29 is 19.0 Å². The maximum Gasteiger partial charge on any atom is 0.185 e. The van der Waals surface area contributed by atoms with Crippen LogP contribution in [-0.2, 0) is 12.0 Å². The fourth-order valence-electron chi connectivity index (χ4n) is 3.25. The molecule has 4 nitrogen and oxygen atoms in total. The smallest absolute Gasteiger partial charge is 0.185 e. The van der Waals surface area contributed by atoms with Gasteiger partial charge in [0.05, 0.1) is 14.2 Å². The van der Waals surface area contributed by atoms with Crippen molar-refractivity contribution in [3.63, 3.8) is 0 Å². The van der Waals surface area contributed by atoms with E-state index in [0.717, 1.165) is 28.4 Å². The molecule has 3 rings (SSSR count). The molecule has 0 saturated carbocycles. The lowest BCUT2D eigenvalue weighted by Gasteiger charge is -2.19. The summed E-state index contributed by atoms with van der Waals surface area (Å²) in [6, 6.07) is 21.0. The van der Waals surface area contributed by atoms with Crippen LogP contribution in [0, 0.1) is 0 Å². The number of methoxy groups -OCH3 is 2. The van der Waals surface area contributed by atoms with Crippen molar-refractivity contribution >= 4 is 11.9 Å². The number of rotatable bonds is 8. The molecule has 3 aromatic carbocycles. The normalized spacial score (nSPS) is 11.4. The van der Waals surface area contributed by atoms with Crippen molar-refractivity contribution in [2.75, 3.05) is 14.2 Å². The molecule has 32 heavy (non-hydrogen) atoms. The zero-order chi connectivity index (χ0) is 23.1. The first kappa shape index (κ1) is 23.1. The van der Waals surface area contributed by atoms with E-state index in [-0.39, 0.29) is 11.2 Å². The van der Waals surface area contributed by atoms with E-state index in [1.165, 1.54) is 5.56 Å². The van der Waals surface area contributed by atoms with Gasteiger partial charge in [-0.25, -0.2) is 0 Å². The molecule has 0 saturated heterocycles. The maximum absolute atomic E-state index is 12.5. The van der Waals surface area contributed by atoms with Crippen LogP contribution in [0.5, 0.6) is 17.2 Å². The zero-order valence-electron chi connectivity index (χ0n) is 19.3. The summed E-state index contributed by atoms with van der Waals surface area (Å²) in [5, 5.41) is 0. The van der Waals surface area contributed by atoms with E-state index in [4.69, 9.17) is 14.2 Å². The predicted octanol–water partition coefficient (Wildman–Crippen LogP) is 6.48. The highest BCUT2D eigenvalue weighted by Gasteiger charge is 2.13. The van der Waals surface area contributed by atoms with Gasteiger partial charge in [0, 0.05) is 11.1 Å². The summed E-state index contributed by atoms with van der Waals surface area (Å²) in [6.07, 6.45) is 3.37. The van der Waals surface area contributed by atoms with Crippen molar-refractivity contribution in [1.82, 2.24) is 0 Å². The molecule has 0 spiro atoms. The molecule has 0 N–H and O–H groups in total. The number of hydrogen-bond donors (Lipinski definition) is 0. The van der Waals surface area contributed by atoms with Crippen molar-refractivity contribution in [2.45, 2.75) is 32.8 Å². The molecular formula is C28H30O4. The Balaban J connectivity index is 1.70. The summed E-state index contributed by atoms with van der Waals surface area (Å²) in [5.74, 6) is 2.20. The Kier molecular flexibility index (Phi) is 7.37. The fraction of sp³-hybridized carbons (Fsp3) is 0.250. The molecule has 0 atom stereocenters. The largest absolute Gasteiger partial charge is 0.497 e. The number of allylic oxidation sites excluding steroid dienone is 1. The number of ketones is 1. The summed E-state index contributed by atoms with van der Waals surface area (Å²) in [5.41, 5.74) is 3.78. The van der Waals surface area contributed by atoms with Crippen LogP contribution in [-0.4, -0.2) is 20.0 Å². The van der Waals surface area contributed by atoms with Crippen LogP contribution in [0.25, 0.3) is 6.08 Å². The lowest BCUT2D eigenvalue weighted by molar-refractivity contribution is 0.104. The Bertz CT molecular complexity index is 1070. The zero-order valence-corrected chi connectivity index (χ0v) is 19.3. The second-order valence-electron chi connectivity index (χ2n) is 8.56. The third-order valence-electron chi connectivity index (χ3n) is 5.22. The monoisotopic (exact) mass is 430 g/mol. The average Bonchev–Trinajstić information content (AvgIpc) is 2.81. The molecule has 0 bridgehead atoms. The summed E-state index contributed by atoms with van der Waals surface area (Å²) in [7, 11) is 3.24. The van der Waals surface area contributed by atoms with Gasteiger partial charge in [-0.1, -0.05) is 45.0 Å². The molecule has 0 unspecified atom stereocenters. The van der Waals surface area contributed by atoms with Crippen LogP contribution in [0.3, 0.4) is 0 Å². The average molecular weight is 431 g/mol. The van der Waals surface area contributed by atoms with Crippen molar-refractivity contribution in [3.05, 3.63) is 95.1 Å². The van der Waals surface area contributed by atoms with Crippen LogP contribution < -0.4 is 14.2 Å². The summed E-state index contributed by atoms with van der Waals surface area (Å²) < 4.78 is 16.6. The van der Waals surface area contributed by atoms with E-state index in [0.29, 0.717) is 12.2 Å². The Labute approximate surface area is 190 Å². The topological polar surface area (TPSA) is 44.8 Å². The van der Waals surface area contributed by atoms with Crippen LogP contribution >= 0.6 is 0 Å². The number of benzene rings is 3. The van der Waals surface area contributed by atoms with Gasteiger partial charge in [0.1, 0.15) is 23.9 Å². The molecular weight excluding hydrogens is 400 g/mol. The van der Waals surface area contributed by atoms with Gasteiger partial charge in [-0.2, -0.15) is 0 Å². The molecule has 3 aromatic rings. The highest BCUT2D eigenvalue weighted by molar-refractivity contribution is 6.06. The van der Waals surface area contributed by atoms with Crippen LogP contribution in [0.1, 0.15) is 47.8 Å². The van der Waals surface area contributed by atoms with E-state index in [1.54, 1.807) is 50.6 Å². The van der Waals surface area contributed by atoms with E-state index >= 15 is 0 Å². The predicted molar refractivity (Wildman–Crippen MR) is 129 cm³/mol. The molecule has 0 aromatic heterocycles. The summed E-state index contributed by atoms with van der Waals surface area (Å²) in [6.45, 7) is 6.93. The molecule has 0 fully saturated rings. The number of carbonyl (C=O) groups excluding carboxylic acids is 1. The third kappa shape index (κ3) is 6.01. The maximum atomic E-state index is 12.5. The summed E-state index contributed by atoms with van der Waals surface area (Å²) >= 11 is 0. The molecule has 0 aliphatic rings. The minimum absolute atomic E-state index is 0.0693. The third-order valence-corrected chi connectivity index (χ3v) is 5.22. The van der Waals surface area contributed by atoms with Gasteiger partial charge in [0.15, 0.2) is 5.78 Å². The molecule has 0 aliphatic carbocycles. The molecule has 0 radical (unpaired) electrons. The highest BCUT2D eigenvalue weighted by Crippen LogP contribution is 2.26. The van der Waals surface area contributed by atoms with Gasteiger partial charge in [0.25, 0.3) is 0 Å². The lowest BCUT2D eigenvalue weighted by atomic mass is 9.87. The van der Waals surface area contributed by atoms with Gasteiger partial charge in [0.2, 0.25) is 0 Å². The minimum atomic E-state index is -0.0693. The molecule has 166 valence electrons. The molecule has 4 heteroatoms. The van der Waals surface area contributed by atoms with Crippen LogP contribution in [0.4, 0.5) is 0 Å². The molecule has 0 aliphatic heterocycles. The lowest BCUT2D eigenvalue weighted by Crippen LogP contribution is -2.10. The van der Waals surface area contributed by atoms with Gasteiger partial charge >= 0.3 is 0 Å².